The molecule has 1 atom stereocenters. The first-order chi connectivity index (χ1) is 7.74. The van der Waals surface area contributed by atoms with Gasteiger partial charge in [-0.3, -0.25) is 4.98 Å². The topological polar surface area (TPSA) is 42.4 Å². The zero-order valence-electron chi connectivity index (χ0n) is 9.32. The van der Waals surface area contributed by atoms with Crippen molar-refractivity contribution in [3.63, 3.8) is 0 Å². The van der Waals surface area contributed by atoms with Gasteiger partial charge in [0.05, 0.1) is 0 Å². The molecule has 1 heterocycles. The second-order valence-electron chi connectivity index (χ2n) is 4.17. The van der Waals surface area contributed by atoms with Crippen LogP contribution >= 0.6 is 0 Å². The first-order valence-corrected chi connectivity index (χ1v) is 5.55. The van der Waals surface area contributed by atoms with Crippen LogP contribution in [0.15, 0.2) is 12.3 Å². The van der Waals surface area contributed by atoms with Crippen LogP contribution in [0.1, 0.15) is 42.5 Å². The summed E-state index contributed by atoms with van der Waals surface area (Å²) in [6.07, 6.45) is 3.14. The Morgan fingerprint density at radius 1 is 1.62 bits per heavy atom. The van der Waals surface area contributed by atoms with Gasteiger partial charge in [0.1, 0.15) is 11.8 Å². The summed E-state index contributed by atoms with van der Waals surface area (Å²) >= 11 is 0. The Hall–Kier alpha value is -1.00. The fourth-order valence-corrected chi connectivity index (χ4v) is 1.78. The minimum Gasteiger partial charge on any atom is -0.387 e. The summed E-state index contributed by atoms with van der Waals surface area (Å²) < 4.78 is 18.8. The molecule has 0 amide bonds. The van der Waals surface area contributed by atoms with Crippen molar-refractivity contribution in [1.82, 2.24) is 4.98 Å². The van der Waals surface area contributed by atoms with E-state index < -0.39 is 6.10 Å². The third kappa shape index (κ3) is 2.39. The zero-order chi connectivity index (χ0) is 11.5. The summed E-state index contributed by atoms with van der Waals surface area (Å²) in [6, 6.07) is 1.71. The fraction of sp³-hybridized carbons (Fsp3) is 0.583. The van der Waals surface area contributed by atoms with Crippen molar-refractivity contribution in [3.8, 4) is 0 Å². The molecule has 0 bridgehead atoms. The lowest BCUT2D eigenvalue weighted by molar-refractivity contribution is 0.105. The number of halogens is 1. The average molecular weight is 225 g/mol. The van der Waals surface area contributed by atoms with E-state index in [-0.39, 0.29) is 11.5 Å². The number of ether oxygens (including phenoxy) is 1. The van der Waals surface area contributed by atoms with Gasteiger partial charge in [-0.15, -0.1) is 0 Å². The Bertz CT molecular complexity index is 366. The van der Waals surface area contributed by atoms with Crippen LogP contribution in [-0.2, 0) is 4.74 Å². The molecule has 0 spiro atoms. The van der Waals surface area contributed by atoms with Crippen molar-refractivity contribution in [2.45, 2.75) is 31.3 Å². The maximum absolute atomic E-state index is 14.0. The molecule has 0 aliphatic heterocycles. The van der Waals surface area contributed by atoms with E-state index in [9.17, 15) is 9.50 Å². The maximum atomic E-state index is 14.0. The summed E-state index contributed by atoms with van der Waals surface area (Å²) in [7, 11) is 1.55. The zero-order valence-corrected chi connectivity index (χ0v) is 9.32. The van der Waals surface area contributed by atoms with Gasteiger partial charge in [0.15, 0.2) is 5.82 Å². The van der Waals surface area contributed by atoms with Gasteiger partial charge < -0.3 is 9.84 Å². The predicted molar refractivity (Wildman–Crippen MR) is 57.6 cm³/mol. The van der Waals surface area contributed by atoms with E-state index in [4.69, 9.17) is 4.74 Å². The molecule has 1 aliphatic carbocycles. The van der Waals surface area contributed by atoms with E-state index in [1.54, 1.807) is 19.4 Å². The minimum absolute atomic E-state index is 0.154. The Morgan fingerprint density at radius 3 is 3.00 bits per heavy atom. The van der Waals surface area contributed by atoms with Crippen molar-refractivity contribution in [2.24, 2.45) is 0 Å². The van der Waals surface area contributed by atoms with Gasteiger partial charge in [0.2, 0.25) is 0 Å². The molecule has 4 heteroatoms. The van der Waals surface area contributed by atoms with E-state index in [0.717, 1.165) is 12.8 Å². The van der Waals surface area contributed by atoms with Crippen LogP contribution in [0.25, 0.3) is 0 Å². The Morgan fingerprint density at radius 2 is 2.38 bits per heavy atom. The highest BCUT2D eigenvalue weighted by Gasteiger charge is 2.29. The molecule has 1 saturated carbocycles. The molecule has 88 valence electrons. The molecular weight excluding hydrogens is 209 g/mol. The average Bonchev–Trinajstić information content (AvgIpc) is 3.10. The van der Waals surface area contributed by atoms with Gasteiger partial charge in [-0.05, 0) is 30.4 Å². The molecule has 1 aliphatic rings. The van der Waals surface area contributed by atoms with Crippen LogP contribution in [0, 0.1) is 5.82 Å². The lowest BCUT2D eigenvalue weighted by atomic mass is 10.1. The molecule has 16 heavy (non-hydrogen) atoms. The van der Waals surface area contributed by atoms with Crippen LogP contribution in [-0.4, -0.2) is 23.8 Å². The quantitative estimate of drug-likeness (QED) is 0.835. The SMILES string of the molecule is COCCC(O)c1nccc(C2CC2)c1F. The molecule has 1 aromatic heterocycles. The van der Waals surface area contributed by atoms with Gasteiger partial charge in [0, 0.05) is 26.3 Å². The van der Waals surface area contributed by atoms with Crippen LogP contribution in [0.5, 0.6) is 0 Å². The summed E-state index contributed by atoms with van der Waals surface area (Å²) in [5, 5.41) is 9.78. The number of hydrogen-bond acceptors (Lipinski definition) is 3. The predicted octanol–water partition coefficient (Wildman–Crippen LogP) is 2.17. The molecule has 2 rings (SSSR count). The van der Waals surface area contributed by atoms with Gasteiger partial charge in [-0.2, -0.15) is 0 Å². The largest absolute Gasteiger partial charge is 0.387 e. The molecule has 1 aromatic rings. The Balaban J connectivity index is 2.16. The van der Waals surface area contributed by atoms with Crippen LogP contribution in [0.3, 0.4) is 0 Å². The van der Waals surface area contributed by atoms with Crippen molar-refractivity contribution in [1.29, 1.82) is 0 Å². The lowest BCUT2D eigenvalue weighted by Gasteiger charge is -2.12. The number of aliphatic hydroxyl groups excluding tert-OH is 1. The first kappa shape index (κ1) is 11.5. The summed E-state index contributed by atoms with van der Waals surface area (Å²) in [4.78, 5) is 3.92. The Kier molecular flexibility index (Phi) is 3.51. The maximum Gasteiger partial charge on any atom is 0.150 e. The van der Waals surface area contributed by atoms with Crippen molar-refractivity contribution >= 4 is 0 Å². The van der Waals surface area contributed by atoms with Gasteiger partial charge in [-0.25, -0.2) is 4.39 Å². The molecular formula is C12H16FNO2. The molecule has 0 aromatic carbocycles. The first-order valence-electron chi connectivity index (χ1n) is 5.55. The summed E-state index contributed by atoms with van der Waals surface area (Å²) in [6.45, 7) is 0.399. The highest BCUT2D eigenvalue weighted by molar-refractivity contribution is 5.27. The standard InChI is InChI=1S/C12H16FNO2/c1-16-7-5-10(15)12-11(13)9(4-6-14-12)8-2-3-8/h4,6,8,10,15H,2-3,5,7H2,1H3. The van der Waals surface area contributed by atoms with E-state index in [0.29, 0.717) is 24.5 Å². The third-order valence-corrected chi connectivity index (χ3v) is 2.87. The van der Waals surface area contributed by atoms with Crippen LogP contribution in [0.4, 0.5) is 4.39 Å². The van der Waals surface area contributed by atoms with Gasteiger partial charge in [-0.1, -0.05) is 0 Å². The van der Waals surface area contributed by atoms with Crippen LogP contribution in [0.2, 0.25) is 0 Å². The van der Waals surface area contributed by atoms with E-state index in [2.05, 4.69) is 4.98 Å². The number of pyridine rings is 1. The van der Waals surface area contributed by atoms with E-state index in [1.165, 1.54) is 0 Å². The van der Waals surface area contributed by atoms with E-state index in [1.807, 2.05) is 0 Å². The van der Waals surface area contributed by atoms with Crippen LogP contribution < -0.4 is 0 Å². The smallest absolute Gasteiger partial charge is 0.150 e. The molecule has 1 fully saturated rings. The number of nitrogens with zero attached hydrogens (tertiary/aromatic N) is 1. The monoisotopic (exact) mass is 225 g/mol. The lowest BCUT2D eigenvalue weighted by Crippen LogP contribution is -2.08. The highest BCUT2D eigenvalue weighted by atomic mass is 19.1. The fourth-order valence-electron chi connectivity index (χ4n) is 1.78. The number of hydrogen-bond donors (Lipinski definition) is 1. The molecule has 1 N–H and O–H groups in total. The van der Waals surface area contributed by atoms with Crippen molar-refractivity contribution in [3.05, 3.63) is 29.3 Å². The second-order valence-corrected chi connectivity index (χ2v) is 4.17. The van der Waals surface area contributed by atoms with Gasteiger partial charge in [0.25, 0.3) is 0 Å². The normalized spacial score (nSPS) is 17.4. The molecule has 3 nitrogen and oxygen atoms in total. The molecule has 0 radical (unpaired) electrons. The van der Waals surface area contributed by atoms with Gasteiger partial charge >= 0.3 is 0 Å². The number of rotatable bonds is 5. The molecule has 0 saturated heterocycles. The van der Waals surface area contributed by atoms with Crippen molar-refractivity contribution < 1.29 is 14.2 Å². The molecule has 1 unspecified atom stereocenters. The minimum atomic E-state index is -0.876. The van der Waals surface area contributed by atoms with Crippen molar-refractivity contribution in [2.75, 3.05) is 13.7 Å². The summed E-state index contributed by atoms with van der Waals surface area (Å²) in [5.74, 6) is -0.00928. The Labute approximate surface area is 94.3 Å². The number of methoxy groups -OCH3 is 1. The number of aromatic nitrogens is 1. The van der Waals surface area contributed by atoms with E-state index >= 15 is 0 Å². The summed E-state index contributed by atoms with van der Waals surface area (Å²) in [5.41, 5.74) is 0.850. The third-order valence-electron chi connectivity index (χ3n) is 2.87. The highest BCUT2D eigenvalue weighted by Crippen LogP contribution is 2.42. The number of aliphatic hydroxyl groups is 1. The second kappa shape index (κ2) is 4.89.